The van der Waals surface area contributed by atoms with E-state index in [2.05, 4.69) is 10.6 Å². The summed E-state index contributed by atoms with van der Waals surface area (Å²) in [4.78, 5) is 12.1. The van der Waals surface area contributed by atoms with Gasteiger partial charge in [-0.1, -0.05) is 25.1 Å². The highest BCUT2D eigenvalue weighted by molar-refractivity contribution is 5.79. The smallest absolute Gasteiger partial charge is 0.227 e. The minimum Gasteiger partial charge on any atom is -0.494 e. The van der Waals surface area contributed by atoms with Gasteiger partial charge in [-0.25, -0.2) is 0 Å². The second-order valence-corrected chi connectivity index (χ2v) is 5.11. The molecule has 5 nitrogen and oxygen atoms in total. The predicted molar refractivity (Wildman–Crippen MR) is 81.3 cm³/mol. The van der Waals surface area contributed by atoms with Crippen LogP contribution in [0.25, 0.3) is 0 Å². The van der Waals surface area contributed by atoms with Crippen LogP contribution in [0, 0.1) is 5.92 Å². The quantitative estimate of drug-likeness (QED) is 0.707. The van der Waals surface area contributed by atoms with Crippen LogP contribution in [0.2, 0.25) is 0 Å². The van der Waals surface area contributed by atoms with Gasteiger partial charge in [0.2, 0.25) is 5.91 Å². The van der Waals surface area contributed by atoms with E-state index in [0.29, 0.717) is 26.4 Å². The molecule has 0 spiro atoms. The van der Waals surface area contributed by atoms with Gasteiger partial charge >= 0.3 is 0 Å². The average Bonchev–Trinajstić information content (AvgIpc) is 2.96. The summed E-state index contributed by atoms with van der Waals surface area (Å²) in [6, 6.07) is 9.83. The molecule has 0 bridgehead atoms. The Kier molecular flexibility index (Phi) is 6.50. The zero-order chi connectivity index (χ0) is 14.9. The van der Waals surface area contributed by atoms with Gasteiger partial charge in [-0.3, -0.25) is 4.79 Å². The Balaban J connectivity index is 1.61. The van der Waals surface area contributed by atoms with Gasteiger partial charge in [0, 0.05) is 12.6 Å². The van der Waals surface area contributed by atoms with Crippen LogP contribution in [0.5, 0.6) is 5.75 Å². The van der Waals surface area contributed by atoms with Gasteiger partial charge in [-0.15, -0.1) is 0 Å². The Morgan fingerprint density at radius 2 is 2.14 bits per heavy atom. The van der Waals surface area contributed by atoms with Crippen LogP contribution >= 0.6 is 0 Å². The highest BCUT2D eigenvalue weighted by Gasteiger charge is 2.32. The molecule has 0 aromatic heterocycles. The molecule has 1 saturated heterocycles. The van der Waals surface area contributed by atoms with Crippen LogP contribution in [0.1, 0.15) is 13.3 Å². The number of para-hydroxylation sites is 1. The molecule has 21 heavy (non-hydrogen) atoms. The molecule has 0 radical (unpaired) electrons. The Morgan fingerprint density at radius 3 is 2.90 bits per heavy atom. The van der Waals surface area contributed by atoms with Crippen LogP contribution in [-0.2, 0) is 9.53 Å². The lowest BCUT2D eigenvalue weighted by molar-refractivity contribution is -0.125. The molecule has 1 aliphatic rings. The van der Waals surface area contributed by atoms with Gasteiger partial charge in [-0.2, -0.15) is 0 Å². The lowest BCUT2D eigenvalue weighted by Crippen LogP contribution is -2.44. The Hall–Kier alpha value is -1.59. The molecule has 1 amide bonds. The highest BCUT2D eigenvalue weighted by Crippen LogP contribution is 2.13. The van der Waals surface area contributed by atoms with E-state index in [0.717, 1.165) is 18.7 Å². The normalized spacial score (nSPS) is 21.2. The molecule has 0 aliphatic carbocycles. The van der Waals surface area contributed by atoms with Crippen molar-refractivity contribution in [2.45, 2.75) is 19.4 Å². The molecular formula is C16H24N2O3. The number of nitrogens with one attached hydrogen (secondary N) is 2. The maximum absolute atomic E-state index is 12.1. The topological polar surface area (TPSA) is 59.6 Å². The summed E-state index contributed by atoms with van der Waals surface area (Å²) >= 11 is 0. The summed E-state index contributed by atoms with van der Waals surface area (Å²) in [6.45, 7) is 5.23. The first kappa shape index (κ1) is 15.8. The van der Waals surface area contributed by atoms with Crippen LogP contribution < -0.4 is 15.4 Å². The summed E-state index contributed by atoms with van der Waals surface area (Å²) in [5.41, 5.74) is 0. The van der Waals surface area contributed by atoms with Crippen molar-refractivity contribution in [3.8, 4) is 5.75 Å². The van der Waals surface area contributed by atoms with Crippen LogP contribution in [0.4, 0.5) is 0 Å². The van der Waals surface area contributed by atoms with E-state index in [9.17, 15) is 4.79 Å². The van der Waals surface area contributed by atoms with E-state index in [1.165, 1.54) is 0 Å². The van der Waals surface area contributed by atoms with Crippen LogP contribution in [-0.4, -0.2) is 44.9 Å². The van der Waals surface area contributed by atoms with Gasteiger partial charge in [0.1, 0.15) is 5.75 Å². The van der Waals surface area contributed by atoms with Crippen molar-refractivity contribution in [2.75, 3.05) is 32.9 Å². The molecule has 2 rings (SSSR count). The summed E-state index contributed by atoms with van der Waals surface area (Å²) in [7, 11) is 0. The van der Waals surface area contributed by atoms with Crippen molar-refractivity contribution < 1.29 is 14.3 Å². The Labute approximate surface area is 126 Å². The number of benzene rings is 1. The summed E-state index contributed by atoms with van der Waals surface area (Å²) in [5, 5.41) is 6.25. The zero-order valence-electron chi connectivity index (χ0n) is 12.5. The van der Waals surface area contributed by atoms with Crippen molar-refractivity contribution in [3.63, 3.8) is 0 Å². The lowest BCUT2D eigenvalue weighted by Gasteiger charge is -2.17. The van der Waals surface area contributed by atoms with Crippen LogP contribution in [0.3, 0.4) is 0 Å². The fourth-order valence-corrected chi connectivity index (χ4v) is 2.40. The third kappa shape index (κ3) is 5.02. The van der Waals surface area contributed by atoms with Gasteiger partial charge in [0.15, 0.2) is 0 Å². The van der Waals surface area contributed by atoms with Crippen LogP contribution in [0.15, 0.2) is 30.3 Å². The fraction of sp³-hybridized carbons (Fsp3) is 0.562. The van der Waals surface area contributed by atoms with E-state index < -0.39 is 0 Å². The predicted octanol–water partition coefficient (Wildman–Crippen LogP) is 1.20. The third-order valence-corrected chi connectivity index (χ3v) is 3.52. The zero-order valence-corrected chi connectivity index (χ0v) is 12.5. The molecule has 1 fully saturated rings. The van der Waals surface area contributed by atoms with Gasteiger partial charge in [0.05, 0.1) is 25.7 Å². The van der Waals surface area contributed by atoms with E-state index in [-0.39, 0.29) is 17.9 Å². The number of ether oxygens (including phenoxy) is 2. The molecule has 2 unspecified atom stereocenters. The molecule has 1 aromatic rings. The largest absolute Gasteiger partial charge is 0.494 e. The molecular weight excluding hydrogens is 268 g/mol. The monoisotopic (exact) mass is 292 g/mol. The standard InChI is InChI=1S/C16H24N2O3/c1-2-17-15-12-20-11-14(15)16(19)18-9-6-10-21-13-7-4-3-5-8-13/h3-5,7-8,14-15,17H,2,6,9-12H2,1H3,(H,18,19). The lowest BCUT2D eigenvalue weighted by atomic mass is 10.0. The van der Waals surface area contributed by atoms with Gasteiger partial charge in [-0.05, 0) is 25.1 Å². The van der Waals surface area contributed by atoms with Gasteiger partial charge < -0.3 is 20.1 Å². The number of hydrogen-bond donors (Lipinski definition) is 2. The second kappa shape index (κ2) is 8.64. The van der Waals surface area contributed by atoms with E-state index in [4.69, 9.17) is 9.47 Å². The summed E-state index contributed by atoms with van der Waals surface area (Å²) in [5.74, 6) is 0.846. The summed E-state index contributed by atoms with van der Waals surface area (Å²) in [6.07, 6.45) is 0.792. The van der Waals surface area contributed by atoms with Crippen molar-refractivity contribution in [1.82, 2.24) is 10.6 Å². The Morgan fingerprint density at radius 1 is 1.33 bits per heavy atom. The minimum absolute atomic E-state index is 0.0677. The van der Waals surface area contributed by atoms with Gasteiger partial charge in [0.25, 0.3) is 0 Å². The molecule has 1 aliphatic heterocycles. The molecule has 0 saturated carbocycles. The molecule has 1 aromatic carbocycles. The summed E-state index contributed by atoms with van der Waals surface area (Å²) < 4.78 is 11.0. The molecule has 1 heterocycles. The van der Waals surface area contributed by atoms with Crippen molar-refractivity contribution in [1.29, 1.82) is 0 Å². The fourth-order valence-electron chi connectivity index (χ4n) is 2.40. The number of likely N-dealkylation sites (N-methyl/N-ethyl adjacent to an activating group) is 1. The average molecular weight is 292 g/mol. The molecule has 5 heteroatoms. The van der Waals surface area contributed by atoms with Crippen molar-refractivity contribution >= 4 is 5.91 Å². The number of amides is 1. The maximum Gasteiger partial charge on any atom is 0.227 e. The third-order valence-electron chi connectivity index (χ3n) is 3.52. The van der Waals surface area contributed by atoms with Crippen molar-refractivity contribution in [2.24, 2.45) is 5.92 Å². The SMILES string of the molecule is CCNC1COCC1C(=O)NCCCOc1ccccc1. The first-order chi connectivity index (χ1) is 10.3. The first-order valence-electron chi connectivity index (χ1n) is 7.58. The number of carbonyl (C=O) groups excluding carboxylic acids is 1. The maximum atomic E-state index is 12.1. The number of rotatable bonds is 8. The number of hydrogen-bond acceptors (Lipinski definition) is 4. The molecule has 2 atom stereocenters. The molecule has 116 valence electrons. The van der Waals surface area contributed by atoms with E-state index in [1.807, 2.05) is 37.3 Å². The molecule has 2 N–H and O–H groups in total. The first-order valence-corrected chi connectivity index (χ1v) is 7.58. The van der Waals surface area contributed by atoms with E-state index in [1.54, 1.807) is 0 Å². The van der Waals surface area contributed by atoms with E-state index >= 15 is 0 Å². The second-order valence-electron chi connectivity index (χ2n) is 5.11. The van der Waals surface area contributed by atoms with Crippen molar-refractivity contribution in [3.05, 3.63) is 30.3 Å². The number of carbonyl (C=O) groups is 1. The highest BCUT2D eigenvalue weighted by atomic mass is 16.5. The minimum atomic E-state index is -0.0833. The Bertz CT molecular complexity index is 425.